The van der Waals surface area contributed by atoms with E-state index in [1.807, 2.05) is 20.8 Å². The maximum absolute atomic E-state index is 11.5. The van der Waals surface area contributed by atoms with Gasteiger partial charge in [-0.15, -0.1) is 0 Å². The fourth-order valence-corrected chi connectivity index (χ4v) is 3.77. The lowest BCUT2D eigenvalue weighted by Crippen LogP contribution is -2.42. The van der Waals surface area contributed by atoms with E-state index in [0.717, 1.165) is 24.9 Å². The van der Waals surface area contributed by atoms with Crippen LogP contribution in [0.15, 0.2) is 0 Å². The lowest BCUT2D eigenvalue weighted by molar-refractivity contribution is -0.136. The van der Waals surface area contributed by atoms with Gasteiger partial charge in [0.05, 0.1) is 0 Å². The molecule has 0 aliphatic rings. The highest BCUT2D eigenvalue weighted by atomic mass is 28.4. The van der Waals surface area contributed by atoms with Crippen molar-refractivity contribution in [3.63, 3.8) is 0 Å². The number of hydrogen-bond acceptors (Lipinski definition) is 3. The van der Waals surface area contributed by atoms with Crippen molar-refractivity contribution in [2.24, 2.45) is 0 Å². The summed E-state index contributed by atoms with van der Waals surface area (Å²) in [6.45, 7) is 8.74. The van der Waals surface area contributed by atoms with Gasteiger partial charge in [-0.1, -0.05) is 27.2 Å². The molecule has 0 radical (unpaired) electrons. The van der Waals surface area contributed by atoms with Gasteiger partial charge in [-0.2, -0.15) is 0 Å². The minimum atomic E-state index is -2.21. The molecule has 3 nitrogen and oxygen atoms in total. The van der Waals surface area contributed by atoms with Gasteiger partial charge in [0, 0.05) is 13.0 Å². The zero-order valence-electron chi connectivity index (χ0n) is 10.5. The molecule has 0 spiro atoms. The lowest BCUT2D eigenvalue weighted by Gasteiger charge is -2.27. The molecular weight excluding hydrogens is 208 g/mol. The quantitative estimate of drug-likeness (QED) is 0.603. The van der Waals surface area contributed by atoms with Gasteiger partial charge in [-0.3, -0.25) is 4.79 Å². The smallest absolute Gasteiger partial charge is 0.400 e. The van der Waals surface area contributed by atoms with Gasteiger partial charge in [-0.05, 0) is 25.4 Å². The maximum atomic E-state index is 11.5. The molecule has 0 unspecified atom stereocenters. The Hall–Kier alpha value is -0.353. The minimum absolute atomic E-state index is 0.0827. The van der Waals surface area contributed by atoms with Crippen LogP contribution in [0.1, 0.15) is 47.0 Å². The Morgan fingerprint density at radius 1 is 1.13 bits per heavy atom. The zero-order chi connectivity index (χ0) is 11.7. The lowest BCUT2D eigenvalue weighted by atomic mass is 10.3. The molecule has 15 heavy (non-hydrogen) atoms. The van der Waals surface area contributed by atoms with Crippen molar-refractivity contribution in [2.45, 2.75) is 59.0 Å². The summed E-state index contributed by atoms with van der Waals surface area (Å²) in [6.07, 6.45) is 2.46. The molecule has 0 aliphatic carbocycles. The Morgan fingerprint density at radius 2 is 1.73 bits per heavy atom. The first kappa shape index (κ1) is 14.6. The molecule has 0 bridgehead atoms. The number of unbranched alkanes of at least 4 members (excludes halogenated alkanes) is 1. The van der Waals surface area contributed by atoms with E-state index in [0.29, 0.717) is 13.0 Å². The summed E-state index contributed by atoms with van der Waals surface area (Å²) in [7, 11) is -2.21. The van der Waals surface area contributed by atoms with Crippen LogP contribution in [0.4, 0.5) is 0 Å². The van der Waals surface area contributed by atoms with E-state index >= 15 is 0 Å². The fourth-order valence-electron chi connectivity index (χ4n) is 1.47. The largest absolute Gasteiger partial charge is 0.494 e. The van der Waals surface area contributed by atoms with Gasteiger partial charge in [0.25, 0.3) is 5.97 Å². The Balaban J connectivity index is 4.19. The predicted octanol–water partition coefficient (Wildman–Crippen LogP) is 3.24. The van der Waals surface area contributed by atoms with Crippen LogP contribution in [0.2, 0.25) is 12.1 Å². The Bertz CT molecular complexity index is 179. The van der Waals surface area contributed by atoms with Gasteiger partial charge in [0.2, 0.25) is 0 Å². The maximum Gasteiger partial charge on any atom is 0.400 e. The molecule has 4 heteroatoms. The minimum Gasteiger partial charge on any atom is -0.494 e. The van der Waals surface area contributed by atoms with Crippen LogP contribution in [0, 0.1) is 0 Å². The Labute approximate surface area is 94.4 Å². The number of carbonyl (C=O) groups is 1. The molecule has 0 saturated carbocycles. The van der Waals surface area contributed by atoms with Gasteiger partial charge < -0.3 is 8.85 Å². The molecule has 0 rings (SSSR count). The van der Waals surface area contributed by atoms with Crippen LogP contribution in [0.25, 0.3) is 0 Å². The molecule has 0 amide bonds. The van der Waals surface area contributed by atoms with Crippen molar-refractivity contribution < 1.29 is 13.6 Å². The van der Waals surface area contributed by atoms with Gasteiger partial charge in [0.1, 0.15) is 0 Å². The molecule has 0 N–H and O–H groups in total. The third-order valence-corrected chi connectivity index (χ3v) is 6.09. The molecule has 0 aromatic carbocycles. The van der Waals surface area contributed by atoms with Gasteiger partial charge >= 0.3 is 8.56 Å². The van der Waals surface area contributed by atoms with Crippen molar-refractivity contribution in [1.29, 1.82) is 0 Å². The van der Waals surface area contributed by atoms with E-state index in [1.54, 1.807) is 0 Å². The van der Waals surface area contributed by atoms with E-state index in [2.05, 4.69) is 6.92 Å². The van der Waals surface area contributed by atoms with E-state index in [-0.39, 0.29) is 5.97 Å². The molecule has 0 atom stereocenters. The molecule has 0 aliphatic heterocycles. The fraction of sp³-hybridized carbons (Fsp3) is 0.909. The second-order valence-electron chi connectivity index (χ2n) is 3.63. The third-order valence-electron chi connectivity index (χ3n) is 2.52. The zero-order valence-corrected chi connectivity index (χ0v) is 11.5. The van der Waals surface area contributed by atoms with E-state index in [1.165, 1.54) is 0 Å². The first-order chi connectivity index (χ1) is 7.14. The second kappa shape index (κ2) is 7.88. The molecule has 0 aromatic rings. The Morgan fingerprint density at radius 3 is 2.13 bits per heavy atom. The standard InChI is InChI=1S/C11H24O3Si/c1-5-9-10-11(12)14-15(7-3,8-4)13-6-2/h5-10H2,1-4H3. The molecule has 0 heterocycles. The van der Waals surface area contributed by atoms with Crippen LogP contribution < -0.4 is 0 Å². The summed E-state index contributed by atoms with van der Waals surface area (Å²) in [5.74, 6) is -0.0827. The van der Waals surface area contributed by atoms with Crippen molar-refractivity contribution >= 4 is 14.5 Å². The average molecular weight is 232 g/mol. The summed E-state index contributed by atoms with van der Waals surface area (Å²) in [6, 6.07) is 1.68. The predicted molar refractivity (Wildman–Crippen MR) is 64.0 cm³/mol. The van der Waals surface area contributed by atoms with Crippen LogP contribution >= 0.6 is 0 Å². The first-order valence-corrected chi connectivity index (χ1v) is 8.22. The van der Waals surface area contributed by atoms with Crippen molar-refractivity contribution in [2.75, 3.05) is 6.61 Å². The SMILES string of the molecule is CCCCC(=O)O[Si](CC)(CC)OCC. The van der Waals surface area contributed by atoms with E-state index in [4.69, 9.17) is 8.85 Å². The van der Waals surface area contributed by atoms with Crippen LogP contribution in [0.5, 0.6) is 0 Å². The van der Waals surface area contributed by atoms with Gasteiger partial charge in [0.15, 0.2) is 0 Å². The Kier molecular flexibility index (Phi) is 7.69. The van der Waals surface area contributed by atoms with Crippen LogP contribution in [0.3, 0.4) is 0 Å². The third kappa shape index (κ3) is 5.32. The highest BCUT2D eigenvalue weighted by molar-refractivity contribution is 6.68. The molecule has 0 aromatic heterocycles. The van der Waals surface area contributed by atoms with Gasteiger partial charge in [-0.25, -0.2) is 0 Å². The summed E-state index contributed by atoms with van der Waals surface area (Å²) in [4.78, 5) is 11.5. The molecular formula is C11H24O3Si. The molecule has 0 saturated heterocycles. The van der Waals surface area contributed by atoms with Crippen LogP contribution in [-0.2, 0) is 13.6 Å². The summed E-state index contributed by atoms with van der Waals surface area (Å²) in [5, 5.41) is 0. The van der Waals surface area contributed by atoms with E-state index in [9.17, 15) is 4.79 Å². The van der Waals surface area contributed by atoms with Crippen LogP contribution in [-0.4, -0.2) is 21.1 Å². The highest BCUT2D eigenvalue weighted by Gasteiger charge is 2.36. The van der Waals surface area contributed by atoms with Crippen molar-refractivity contribution in [3.05, 3.63) is 0 Å². The molecule has 0 fully saturated rings. The number of hydrogen-bond donors (Lipinski definition) is 0. The normalized spacial score (nSPS) is 11.5. The average Bonchev–Trinajstić information content (AvgIpc) is 2.25. The highest BCUT2D eigenvalue weighted by Crippen LogP contribution is 2.19. The monoisotopic (exact) mass is 232 g/mol. The van der Waals surface area contributed by atoms with Crippen molar-refractivity contribution in [1.82, 2.24) is 0 Å². The number of rotatable bonds is 8. The topological polar surface area (TPSA) is 35.5 Å². The van der Waals surface area contributed by atoms with Crippen molar-refractivity contribution in [3.8, 4) is 0 Å². The summed E-state index contributed by atoms with van der Waals surface area (Å²) < 4.78 is 11.2. The van der Waals surface area contributed by atoms with E-state index < -0.39 is 8.56 Å². The first-order valence-electron chi connectivity index (χ1n) is 5.99. The summed E-state index contributed by atoms with van der Waals surface area (Å²) in [5.41, 5.74) is 0. The summed E-state index contributed by atoms with van der Waals surface area (Å²) >= 11 is 0. The second-order valence-corrected chi connectivity index (χ2v) is 7.36. The number of carbonyl (C=O) groups excluding carboxylic acids is 1. The molecule has 90 valence electrons.